The van der Waals surface area contributed by atoms with Crippen molar-refractivity contribution in [2.75, 3.05) is 6.54 Å². The molecule has 2 nitrogen and oxygen atoms in total. The zero-order valence-corrected chi connectivity index (χ0v) is 14.7. The highest BCUT2D eigenvalue weighted by atomic mass is 15.1. The number of aromatic nitrogens is 1. The van der Waals surface area contributed by atoms with E-state index in [0.717, 1.165) is 18.9 Å². The summed E-state index contributed by atoms with van der Waals surface area (Å²) in [6.07, 6.45) is 6.54. The maximum Gasteiger partial charge on any atom is 0.0481 e. The van der Waals surface area contributed by atoms with Gasteiger partial charge in [0, 0.05) is 29.2 Å². The summed E-state index contributed by atoms with van der Waals surface area (Å²) in [4.78, 5) is 0. The summed E-state index contributed by atoms with van der Waals surface area (Å²) < 4.78 is 2.49. The summed E-state index contributed by atoms with van der Waals surface area (Å²) in [6, 6.07) is 10.9. The molecule has 0 amide bonds. The third-order valence-corrected chi connectivity index (χ3v) is 6.35. The minimum absolute atomic E-state index is 0.209. The first-order chi connectivity index (χ1) is 11.1. The van der Waals surface area contributed by atoms with E-state index >= 15 is 0 Å². The molecule has 1 aliphatic carbocycles. The topological polar surface area (TPSA) is 17.0 Å². The minimum Gasteiger partial charge on any atom is -0.318 e. The number of rotatable bonds is 1. The Kier molecular flexibility index (Phi) is 3.60. The van der Waals surface area contributed by atoms with Crippen LogP contribution in [-0.4, -0.2) is 11.1 Å². The van der Waals surface area contributed by atoms with Crippen molar-refractivity contribution in [3.63, 3.8) is 0 Å². The van der Waals surface area contributed by atoms with Crippen molar-refractivity contribution in [3.8, 4) is 5.69 Å². The average Bonchev–Trinajstić information content (AvgIpc) is 2.84. The van der Waals surface area contributed by atoms with Crippen molar-refractivity contribution in [1.82, 2.24) is 9.88 Å². The third-order valence-electron chi connectivity index (χ3n) is 6.35. The van der Waals surface area contributed by atoms with Crippen LogP contribution in [0.25, 0.3) is 5.69 Å². The highest BCUT2D eigenvalue weighted by Crippen LogP contribution is 2.47. The number of hydrogen-bond donors (Lipinski definition) is 1. The maximum atomic E-state index is 3.96. The second kappa shape index (κ2) is 5.52. The Balaban J connectivity index is 1.94. The number of fused-ring (bicyclic) bond motifs is 2. The van der Waals surface area contributed by atoms with Gasteiger partial charge in [0.25, 0.3) is 0 Å². The Morgan fingerprint density at radius 3 is 2.61 bits per heavy atom. The van der Waals surface area contributed by atoms with Crippen molar-refractivity contribution < 1.29 is 0 Å². The van der Waals surface area contributed by atoms with Gasteiger partial charge in [0.2, 0.25) is 0 Å². The summed E-state index contributed by atoms with van der Waals surface area (Å²) in [5.74, 6) is 0.722. The Morgan fingerprint density at radius 2 is 1.87 bits per heavy atom. The third kappa shape index (κ3) is 2.11. The molecule has 0 bridgehead atoms. The van der Waals surface area contributed by atoms with E-state index in [2.05, 4.69) is 61.0 Å². The van der Waals surface area contributed by atoms with Crippen LogP contribution in [0.4, 0.5) is 0 Å². The van der Waals surface area contributed by atoms with Gasteiger partial charge in [-0.3, -0.25) is 0 Å². The van der Waals surface area contributed by atoms with E-state index in [4.69, 9.17) is 0 Å². The molecule has 122 valence electrons. The molecule has 1 spiro atoms. The van der Waals surface area contributed by atoms with Gasteiger partial charge in [0.15, 0.2) is 0 Å². The number of hydrogen-bond acceptors (Lipinski definition) is 1. The van der Waals surface area contributed by atoms with Crippen LogP contribution in [0.2, 0.25) is 0 Å². The van der Waals surface area contributed by atoms with Crippen LogP contribution in [0.15, 0.2) is 30.3 Å². The molecule has 0 radical (unpaired) electrons. The lowest BCUT2D eigenvalue weighted by atomic mass is 9.67. The largest absolute Gasteiger partial charge is 0.318 e. The molecule has 2 aliphatic rings. The first kappa shape index (κ1) is 15.0. The molecular weight excluding hydrogens is 280 g/mol. The average molecular weight is 308 g/mol. The van der Waals surface area contributed by atoms with Crippen LogP contribution >= 0.6 is 0 Å². The Labute approximate surface area is 139 Å². The molecule has 2 atom stereocenters. The monoisotopic (exact) mass is 308 g/mol. The Morgan fingerprint density at radius 1 is 1.09 bits per heavy atom. The molecule has 1 saturated carbocycles. The summed E-state index contributed by atoms with van der Waals surface area (Å²) in [5.41, 5.74) is 7.64. The summed E-state index contributed by atoms with van der Waals surface area (Å²) in [5, 5.41) is 3.96. The quantitative estimate of drug-likeness (QED) is 0.811. The molecule has 2 heterocycles. The fourth-order valence-electron chi connectivity index (χ4n) is 5.24. The predicted molar refractivity (Wildman–Crippen MR) is 96.3 cm³/mol. The molecule has 23 heavy (non-hydrogen) atoms. The smallest absolute Gasteiger partial charge is 0.0481 e. The van der Waals surface area contributed by atoms with Crippen molar-refractivity contribution in [1.29, 1.82) is 0 Å². The van der Waals surface area contributed by atoms with Crippen LogP contribution in [0.3, 0.4) is 0 Å². The lowest BCUT2D eigenvalue weighted by Gasteiger charge is -2.47. The van der Waals surface area contributed by atoms with Gasteiger partial charge >= 0.3 is 0 Å². The van der Waals surface area contributed by atoms with Gasteiger partial charge in [-0.25, -0.2) is 0 Å². The number of para-hydroxylation sites is 1. The van der Waals surface area contributed by atoms with Crippen LogP contribution in [-0.2, 0) is 12.0 Å². The van der Waals surface area contributed by atoms with Crippen molar-refractivity contribution >= 4 is 0 Å². The van der Waals surface area contributed by atoms with E-state index in [1.54, 1.807) is 11.1 Å². The van der Waals surface area contributed by atoms with Gasteiger partial charge < -0.3 is 9.88 Å². The molecule has 1 aromatic carbocycles. The number of nitrogens with zero attached hydrogens (tertiary/aromatic N) is 1. The van der Waals surface area contributed by atoms with Gasteiger partial charge in [-0.15, -0.1) is 0 Å². The van der Waals surface area contributed by atoms with Gasteiger partial charge in [0.05, 0.1) is 0 Å². The molecule has 2 heteroatoms. The molecule has 1 aromatic heterocycles. The molecule has 1 aliphatic heterocycles. The van der Waals surface area contributed by atoms with E-state index < -0.39 is 0 Å². The lowest BCUT2D eigenvalue weighted by molar-refractivity contribution is 0.145. The van der Waals surface area contributed by atoms with E-state index in [1.165, 1.54) is 42.8 Å². The molecule has 1 N–H and O–H groups in total. The van der Waals surface area contributed by atoms with Gasteiger partial charge in [0.1, 0.15) is 0 Å². The fourth-order valence-corrected chi connectivity index (χ4v) is 5.24. The highest BCUT2D eigenvalue weighted by molar-refractivity contribution is 5.51. The Hall–Kier alpha value is -1.54. The zero-order valence-electron chi connectivity index (χ0n) is 14.7. The molecule has 0 unspecified atom stereocenters. The lowest BCUT2D eigenvalue weighted by Crippen LogP contribution is -2.53. The first-order valence-corrected chi connectivity index (χ1v) is 9.17. The predicted octanol–water partition coefficient (Wildman–Crippen LogP) is 4.65. The molecular formula is C21H28N2. The van der Waals surface area contributed by atoms with E-state index in [9.17, 15) is 0 Å². The SMILES string of the molecule is Cc1c2c(c(C)n1-c1ccccc1)[C@@]1(CCCC[C@@H]1C)NCC2. The maximum absolute atomic E-state index is 3.96. The number of nitrogens with one attached hydrogen (secondary N) is 1. The highest BCUT2D eigenvalue weighted by Gasteiger charge is 2.45. The van der Waals surface area contributed by atoms with Crippen LogP contribution in [0.1, 0.15) is 55.1 Å². The molecule has 1 fully saturated rings. The molecule has 2 aromatic rings. The molecule has 0 saturated heterocycles. The number of benzene rings is 1. The van der Waals surface area contributed by atoms with Crippen molar-refractivity contribution in [2.45, 2.75) is 58.4 Å². The normalized spacial score (nSPS) is 27.2. The second-order valence-electron chi connectivity index (χ2n) is 7.49. The van der Waals surface area contributed by atoms with E-state index in [0.29, 0.717) is 0 Å². The van der Waals surface area contributed by atoms with Gasteiger partial charge in [-0.2, -0.15) is 0 Å². The summed E-state index contributed by atoms with van der Waals surface area (Å²) in [6.45, 7) is 8.21. The summed E-state index contributed by atoms with van der Waals surface area (Å²) >= 11 is 0. The van der Waals surface area contributed by atoms with Crippen LogP contribution in [0.5, 0.6) is 0 Å². The summed E-state index contributed by atoms with van der Waals surface area (Å²) in [7, 11) is 0. The van der Waals surface area contributed by atoms with Crippen molar-refractivity contribution in [3.05, 3.63) is 52.8 Å². The van der Waals surface area contributed by atoms with Gasteiger partial charge in [-0.1, -0.05) is 38.0 Å². The van der Waals surface area contributed by atoms with E-state index in [-0.39, 0.29) is 5.54 Å². The molecule has 4 rings (SSSR count). The standard InChI is InChI=1S/C21H28N2/c1-15-9-7-8-13-21(15)20-17(3)23(18-10-5-4-6-11-18)16(2)19(20)12-14-22-21/h4-6,10-11,15,22H,7-9,12-14H2,1-3H3/t15-,21-/m0/s1. The van der Waals surface area contributed by atoms with Crippen LogP contribution < -0.4 is 5.32 Å². The van der Waals surface area contributed by atoms with Crippen molar-refractivity contribution in [2.24, 2.45) is 5.92 Å². The first-order valence-electron chi connectivity index (χ1n) is 9.17. The zero-order chi connectivity index (χ0) is 16.0. The fraction of sp³-hybridized carbons (Fsp3) is 0.524. The van der Waals surface area contributed by atoms with Gasteiger partial charge in [-0.05, 0) is 62.3 Å². The second-order valence-corrected chi connectivity index (χ2v) is 7.49. The van der Waals surface area contributed by atoms with Crippen LogP contribution in [0, 0.1) is 19.8 Å². The minimum atomic E-state index is 0.209. The Bertz CT molecular complexity index is 713. The van der Waals surface area contributed by atoms with E-state index in [1.807, 2.05) is 0 Å².